The van der Waals surface area contributed by atoms with Gasteiger partial charge in [0.2, 0.25) is 0 Å². The number of amides is 1. The van der Waals surface area contributed by atoms with E-state index in [1.165, 1.54) is 0 Å². The highest BCUT2D eigenvalue weighted by molar-refractivity contribution is 6.31. The van der Waals surface area contributed by atoms with E-state index >= 15 is 0 Å². The van der Waals surface area contributed by atoms with Gasteiger partial charge in [0.05, 0.1) is 13.2 Å². The molecule has 1 aromatic carbocycles. The maximum absolute atomic E-state index is 12.3. The van der Waals surface area contributed by atoms with Crippen molar-refractivity contribution in [3.05, 3.63) is 28.3 Å². The van der Waals surface area contributed by atoms with E-state index in [4.69, 9.17) is 21.1 Å². The first-order chi connectivity index (χ1) is 12.2. The molecule has 5 nitrogen and oxygen atoms in total. The number of rotatable bonds is 7. The van der Waals surface area contributed by atoms with Crippen molar-refractivity contribution in [2.45, 2.75) is 46.1 Å². The average molecular weight is 383 g/mol. The molecule has 1 aliphatic heterocycles. The highest BCUT2D eigenvalue weighted by Gasteiger charge is 2.28. The van der Waals surface area contributed by atoms with Crippen LogP contribution < -0.4 is 10.1 Å². The summed E-state index contributed by atoms with van der Waals surface area (Å²) in [6.45, 7) is 14.2. The van der Waals surface area contributed by atoms with Crippen LogP contribution in [0.5, 0.6) is 5.75 Å². The van der Waals surface area contributed by atoms with Gasteiger partial charge in [-0.05, 0) is 49.9 Å². The molecule has 146 valence electrons. The number of ether oxygens (including phenoxy) is 2. The molecule has 6 heteroatoms. The molecule has 0 spiro atoms. The van der Waals surface area contributed by atoms with Crippen LogP contribution in [-0.4, -0.2) is 55.8 Å². The van der Waals surface area contributed by atoms with Crippen molar-refractivity contribution < 1.29 is 14.3 Å². The Morgan fingerprint density at radius 2 is 2.00 bits per heavy atom. The van der Waals surface area contributed by atoms with Gasteiger partial charge in [0.1, 0.15) is 5.75 Å². The van der Waals surface area contributed by atoms with Crippen molar-refractivity contribution in [3.63, 3.8) is 0 Å². The van der Waals surface area contributed by atoms with E-state index in [1.807, 2.05) is 19.1 Å². The number of nitrogens with zero attached hydrogens (tertiary/aromatic N) is 1. The Morgan fingerprint density at radius 3 is 2.62 bits per heavy atom. The lowest BCUT2D eigenvalue weighted by atomic mass is 10.0. The Bertz CT molecular complexity index is 626. The Morgan fingerprint density at radius 1 is 1.35 bits per heavy atom. The Balaban J connectivity index is 1.90. The number of carbonyl (C=O) groups excluding carboxylic acids is 1. The van der Waals surface area contributed by atoms with Gasteiger partial charge in [-0.2, -0.15) is 0 Å². The molecule has 0 atom stereocenters. The molecule has 1 aromatic rings. The maximum Gasteiger partial charge on any atom is 0.258 e. The molecule has 1 heterocycles. The van der Waals surface area contributed by atoms with Crippen molar-refractivity contribution in [3.8, 4) is 5.75 Å². The van der Waals surface area contributed by atoms with E-state index in [-0.39, 0.29) is 24.0 Å². The summed E-state index contributed by atoms with van der Waals surface area (Å²) < 4.78 is 11.2. The molecule has 0 saturated carbocycles. The maximum atomic E-state index is 12.3. The fourth-order valence-corrected chi connectivity index (χ4v) is 3.21. The Hall–Kier alpha value is -1.30. The fourth-order valence-electron chi connectivity index (χ4n) is 3.04. The van der Waals surface area contributed by atoms with Crippen LogP contribution in [0.2, 0.25) is 5.02 Å². The van der Waals surface area contributed by atoms with Crippen molar-refractivity contribution in [1.29, 1.82) is 0 Å². The van der Waals surface area contributed by atoms with Gasteiger partial charge in [-0.1, -0.05) is 25.4 Å². The normalized spacial score (nSPS) is 16.0. The van der Waals surface area contributed by atoms with Crippen LogP contribution in [0.4, 0.5) is 0 Å². The number of nitrogens with one attached hydrogen (secondary N) is 1. The van der Waals surface area contributed by atoms with Gasteiger partial charge in [-0.15, -0.1) is 0 Å². The van der Waals surface area contributed by atoms with Gasteiger partial charge >= 0.3 is 0 Å². The number of hydrogen-bond donors (Lipinski definition) is 1. The molecule has 1 fully saturated rings. The van der Waals surface area contributed by atoms with Gasteiger partial charge < -0.3 is 14.8 Å². The summed E-state index contributed by atoms with van der Waals surface area (Å²) in [7, 11) is 0. The minimum atomic E-state index is -0.117. The van der Waals surface area contributed by atoms with Crippen LogP contribution in [-0.2, 0) is 9.53 Å². The lowest BCUT2D eigenvalue weighted by molar-refractivity contribution is -0.123. The molecule has 26 heavy (non-hydrogen) atoms. The first-order valence-corrected chi connectivity index (χ1v) is 9.61. The summed E-state index contributed by atoms with van der Waals surface area (Å²) in [5.41, 5.74) is 1.85. The second-order valence-electron chi connectivity index (χ2n) is 7.77. The van der Waals surface area contributed by atoms with Crippen LogP contribution in [0.25, 0.3) is 0 Å². The van der Waals surface area contributed by atoms with E-state index in [2.05, 4.69) is 37.9 Å². The van der Waals surface area contributed by atoms with E-state index in [9.17, 15) is 4.79 Å². The third kappa shape index (κ3) is 5.60. The summed E-state index contributed by atoms with van der Waals surface area (Å²) in [5, 5.41) is 3.71. The quantitative estimate of drug-likeness (QED) is 0.785. The SMILES string of the molecule is Cc1cc(OCC(=O)NCC(C)(C)N2CCOCC2)c(C(C)C)cc1Cl. The zero-order chi connectivity index (χ0) is 19.3. The van der Waals surface area contributed by atoms with Crippen LogP contribution in [0.1, 0.15) is 44.7 Å². The largest absolute Gasteiger partial charge is 0.483 e. The molecule has 0 bridgehead atoms. The van der Waals surface area contributed by atoms with Gasteiger partial charge in [0.25, 0.3) is 5.91 Å². The van der Waals surface area contributed by atoms with Crippen molar-refractivity contribution in [2.24, 2.45) is 0 Å². The standard InChI is InChI=1S/C20H31ClN2O3/c1-14(2)16-11-17(21)15(3)10-18(16)26-12-19(24)22-13-20(4,5)23-6-8-25-9-7-23/h10-11,14H,6-9,12-13H2,1-5H3,(H,22,24). The summed E-state index contributed by atoms with van der Waals surface area (Å²) in [6.07, 6.45) is 0. The molecule has 0 unspecified atom stereocenters. The third-order valence-electron chi connectivity index (χ3n) is 4.86. The number of hydrogen-bond acceptors (Lipinski definition) is 4. The number of carbonyl (C=O) groups is 1. The molecule has 1 amide bonds. The number of aryl methyl sites for hydroxylation is 1. The van der Waals surface area contributed by atoms with E-state index < -0.39 is 0 Å². The Kier molecular flexibility index (Phi) is 7.33. The number of morpholine rings is 1. The van der Waals surface area contributed by atoms with Crippen LogP contribution in [0.3, 0.4) is 0 Å². The van der Waals surface area contributed by atoms with Crippen molar-refractivity contribution in [2.75, 3.05) is 39.5 Å². The topological polar surface area (TPSA) is 50.8 Å². The minimum Gasteiger partial charge on any atom is -0.483 e. The second kappa shape index (κ2) is 9.07. The molecule has 1 N–H and O–H groups in total. The highest BCUT2D eigenvalue weighted by Crippen LogP contribution is 2.31. The van der Waals surface area contributed by atoms with Gasteiger partial charge in [-0.25, -0.2) is 0 Å². The summed E-state index contributed by atoms with van der Waals surface area (Å²) in [4.78, 5) is 14.6. The Labute approximate surface area is 162 Å². The van der Waals surface area contributed by atoms with Crippen LogP contribution in [0, 0.1) is 6.92 Å². The first kappa shape index (κ1) is 21.0. The van der Waals surface area contributed by atoms with Gasteiger partial charge in [0.15, 0.2) is 6.61 Å². The first-order valence-electron chi connectivity index (χ1n) is 9.23. The number of halogens is 1. The third-order valence-corrected chi connectivity index (χ3v) is 5.26. The van der Waals surface area contributed by atoms with Crippen LogP contribution in [0.15, 0.2) is 12.1 Å². The molecular formula is C20H31ClN2O3. The summed E-state index contributed by atoms with van der Waals surface area (Å²) in [6, 6.07) is 3.83. The molecule has 1 aliphatic rings. The van der Waals surface area contributed by atoms with Crippen LogP contribution >= 0.6 is 11.6 Å². The molecular weight excluding hydrogens is 352 g/mol. The van der Waals surface area contributed by atoms with E-state index in [1.54, 1.807) is 0 Å². The summed E-state index contributed by atoms with van der Waals surface area (Å²) in [5.74, 6) is 0.879. The zero-order valence-corrected chi connectivity index (χ0v) is 17.3. The van der Waals surface area contributed by atoms with E-state index in [0.29, 0.717) is 6.54 Å². The molecule has 1 saturated heterocycles. The predicted octanol–water partition coefficient (Wildman–Crippen LogP) is 3.38. The van der Waals surface area contributed by atoms with Crippen molar-refractivity contribution >= 4 is 17.5 Å². The average Bonchev–Trinajstić information content (AvgIpc) is 2.61. The van der Waals surface area contributed by atoms with Gasteiger partial charge in [-0.3, -0.25) is 9.69 Å². The number of benzene rings is 1. The molecule has 0 radical (unpaired) electrons. The molecule has 0 aliphatic carbocycles. The zero-order valence-electron chi connectivity index (χ0n) is 16.5. The van der Waals surface area contributed by atoms with Crippen molar-refractivity contribution in [1.82, 2.24) is 10.2 Å². The molecule has 0 aromatic heterocycles. The highest BCUT2D eigenvalue weighted by atomic mass is 35.5. The van der Waals surface area contributed by atoms with Gasteiger partial charge in [0, 0.05) is 30.2 Å². The minimum absolute atomic E-state index is 0.0000164. The monoisotopic (exact) mass is 382 g/mol. The van der Waals surface area contributed by atoms with E-state index in [0.717, 1.165) is 48.2 Å². The lowest BCUT2D eigenvalue weighted by Gasteiger charge is -2.40. The smallest absolute Gasteiger partial charge is 0.258 e. The predicted molar refractivity (Wildman–Crippen MR) is 105 cm³/mol. The second-order valence-corrected chi connectivity index (χ2v) is 8.18. The summed E-state index contributed by atoms with van der Waals surface area (Å²) >= 11 is 6.22. The fraction of sp³-hybridized carbons (Fsp3) is 0.650. The molecule has 2 rings (SSSR count). The lowest BCUT2D eigenvalue weighted by Crippen LogP contribution is -2.55.